The predicted molar refractivity (Wildman–Crippen MR) is 101 cm³/mol. The molecule has 0 aromatic heterocycles. The fraction of sp³-hybridized carbons (Fsp3) is 0.316. The first kappa shape index (κ1) is 19.0. The predicted octanol–water partition coefficient (Wildman–Crippen LogP) is 4.24. The number of hydrogen-bond acceptors (Lipinski definition) is 5. The standard InChI is InChI=1S/C19H19ClN2O5/c1-26-17-8-5-12(10-18(17)27-2)16-4-3-9-21(16)19(23)14-7-6-13(22(24)25)11-15(14)20/h5-8,10-11,16H,3-4,9H2,1-2H3. The third-order valence-electron chi connectivity index (χ3n) is 4.70. The Morgan fingerprint density at radius 2 is 1.93 bits per heavy atom. The van der Waals surface area contributed by atoms with Crippen molar-refractivity contribution in [1.82, 2.24) is 4.90 Å². The van der Waals surface area contributed by atoms with E-state index in [0.29, 0.717) is 18.0 Å². The zero-order valence-electron chi connectivity index (χ0n) is 15.0. The molecular weight excluding hydrogens is 372 g/mol. The lowest BCUT2D eigenvalue weighted by Gasteiger charge is -2.26. The molecule has 7 nitrogen and oxygen atoms in total. The molecule has 1 aliphatic rings. The van der Waals surface area contributed by atoms with Gasteiger partial charge in [0, 0.05) is 18.7 Å². The molecule has 0 bridgehead atoms. The average molecular weight is 391 g/mol. The van der Waals surface area contributed by atoms with Crippen LogP contribution in [0.3, 0.4) is 0 Å². The van der Waals surface area contributed by atoms with E-state index in [2.05, 4.69) is 0 Å². The van der Waals surface area contributed by atoms with Gasteiger partial charge in [-0.2, -0.15) is 0 Å². The normalized spacial score (nSPS) is 16.3. The Labute approximate surface area is 161 Å². The van der Waals surface area contributed by atoms with Gasteiger partial charge in [0.25, 0.3) is 11.6 Å². The van der Waals surface area contributed by atoms with Crippen LogP contribution < -0.4 is 9.47 Å². The summed E-state index contributed by atoms with van der Waals surface area (Å²) < 4.78 is 10.6. The molecule has 0 N–H and O–H groups in total. The number of carbonyl (C=O) groups is 1. The first-order chi connectivity index (χ1) is 13.0. The summed E-state index contributed by atoms with van der Waals surface area (Å²) in [6, 6.07) is 9.38. The lowest BCUT2D eigenvalue weighted by molar-refractivity contribution is -0.384. The molecule has 1 heterocycles. The number of non-ortho nitro benzene ring substituents is 1. The molecule has 2 aromatic carbocycles. The molecule has 1 fully saturated rings. The van der Waals surface area contributed by atoms with Gasteiger partial charge in [0.2, 0.25) is 0 Å². The Kier molecular flexibility index (Phi) is 5.51. The highest BCUT2D eigenvalue weighted by molar-refractivity contribution is 6.34. The number of nitrogens with zero attached hydrogens (tertiary/aromatic N) is 2. The van der Waals surface area contributed by atoms with Crippen LogP contribution in [0.5, 0.6) is 11.5 Å². The minimum Gasteiger partial charge on any atom is -0.493 e. The van der Waals surface area contributed by atoms with Gasteiger partial charge in [-0.3, -0.25) is 14.9 Å². The van der Waals surface area contributed by atoms with Gasteiger partial charge in [-0.25, -0.2) is 0 Å². The second-order valence-electron chi connectivity index (χ2n) is 6.19. The number of amides is 1. The molecule has 1 saturated heterocycles. The fourth-order valence-corrected chi connectivity index (χ4v) is 3.62. The Balaban J connectivity index is 1.90. The number of likely N-dealkylation sites (tertiary alicyclic amines) is 1. The van der Waals surface area contributed by atoms with Crippen molar-refractivity contribution < 1.29 is 19.2 Å². The van der Waals surface area contributed by atoms with Crippen molar-refractivity contribution in [3.63, 3.8) is 0 Å². The first-order valence-corrected chi connectivity index (χ1v) is 8.81. The molecule has 1 amide bonds. The number of ether oxygens (including phenoxy) is 2. The van der Waals surface area contributed by atoms with Crippen molar-refractivity contribution in [3.8, 4) is 11.5 Å². The van der Waals surface area contributed by atoms with Gasteiger partial charge in [-0.1, -0.05) is 17.7 Å². The van der Waals surface area contributed by atoms with Crippen LogP contribution in [0.4, 0.5) is 5.69 Å². The van der Waals surface area contributed by atoms with Crippen LogP contribution in [-0.2, 0) is 0 Å². The van der Waals surface area contributed by atoms with Crippen LogP contribution in [-0.4, -0.2) is 36.5 Å². The van der Waals surface area contributed by atoms with E-state index >= 15 is 0 Å². The molecule has 0 radical (unpaired) electrons. The maximum absolute atomic E-state index is 13.0. The zero-order chi connectivity index (χ0) is 19.6. The van der Waals surface area contributed by atoms with Gasteiger partial charge in [0.05, 0.1) is 35.8 Å². The molecule has 27 heavy (non-hydrogen) atoms. The number of hydrogen-bond donors (Lipinski definition) is 0. The van der Waals surface area contributed by atoms with Crippen molar-refractivity contribution in [1.29, 1.82) is 0 Å². The summed E-state index contributed by atoms with van der Waals surface area (Å²) in [5.41, 5.74) is 1.06. The minimum atomic E-state index is -0.539. The van der Waals surface area contributed by atoms with Crippen LogP contribution >= 0.6 is 11.6 Å². The van der Waals surface area contributed by atoms with Crippen molar-refractivity contribution in [2.45, 2.75) is 18.9 Å². The highest BCUT2D eigenvalue weighted by atomic mass is 35.5. The van der Waals surface area contributed by atoms with E-state index in [1.54, 1.807) is 19.1 Å². The average Bonchev–Trinajstić information content (AvgIpc) is 3.16. The van der Waals surface area contributed by atoms with E-state index < -0.39 is 4.92 Å². The summed E-state index contributed by atoms with van der Waals surface area (Å²) in [4.78, 5) is 25.1. The Bertz CT molecular complexity index is 886. The molecule has 1 unspecified atom stereocenters. The zero-order valence-corrected chi connectivity index (χ0v) is 15.7. The summed E-state index contributed by atoms with van der Waals surface area (Å²) in [6.07, 6.45) is 1.67. The number of halogens is 1. The Morgan fingerprint density at radius 3 is 2.56 bits per heavy atom. The number of benzene rings is 2. The second kappa shape index (κ2) is 7.84. The molecule has 3 rings (SSSR count). The highest BCUT2D eigenvalue weighted by Gasteiger charge is 2.32. The molecule has 0 saturated carbocycles. The van der Waals surface area contributed by atoms with Gasteiger partial charge in [0.1, 0.15) is 0 Å². The van der Waals surface area contributed by atoms with Gasteiger partial charge < -0.3 is 14.4 Å². The van der Waals surface area contributed by atoms with Gasteiger partial charge >= 0.3 is 0 Å². The smallest absolute Gasteiger partial charge is 0.270 e. The molecular formula is C19H19ClN2O5. The van der Waals surface area contributed by atoms with Crippen molar-refractivity contribution in [2.75, 3.05) is 20.8 Å². The Hall–Kier alpha value is -2.80. The summed E-state index contributed by atoms with van der Waals surface area (Å²) in [6.45, 7) is 0.588. The topological polar surface area (TPSA) is 81.9 Å². The van der Waals surface area contributed by atoms with Crippen molar-refractivity contribution in [3.05, 3.63) is 62.7 Å². The lowest BCUT2D eigenvalue weighted by Crippen LogP contribution is -2.30. The summed E-state index contributed by atoms with van der Waals surface area (Å²) in [5, 5.41) is 10.9. The quantitative estimate of drug-likeness (QED) is 0.563. The number of methoxy groups -OCH3 is 2. The van der Waals surface area contributed by atoms with Gasteiger partial charge in [-0.05, 0) is 36.6 Å². The molecule has 0 aliphatic carbocycles. The van der Waals surface area contributed by atoms with E-state index in [0.717, 1.165) is 18.4 Å². The number of nitro benzene ring substituents is 1. The lowest BCUT2D eigenvalue weighted by atomic mass is 10.0. The van der Waals surface area contributed by atoms with E-state index in [1.807, 2.05) is 18.2 Å². The molecule has 142 valence electrons. The van der Waals surface area contributed by atoms with E-state index in [9.17, 15) is 14.9 Å². The summed E-state index contributed by atoms with van der Waals surface area (Å²) in [5.74, 6) is 0.977. The monoisotopic (exact) mass is 390 g/mol. The van der Waals surface area contributed by atoms with E-state index in [-0.39, 0.29) is 28.2 Å². The van der Waals surface area contributed by atoms with Crippen molar-refractivity contribution in [2.24, 2.45) is 0 Å². The maximum atomic E-state index is 13.0. The van der Waals surface area contributed by atoms with Crippen LogP contribution in [0.2, 0.25) is 5.02 Å². The molecule has 2 aromatic rings. The molecule has 1 aliphatic heterocycles. The molecule has 8 heteroatoms. The van der Waals surface area contributed by atoms with Gasteiger partial charge in [-0.15, -0.1) is 0 Å². The minimum absolute atomic E-state index is 0.0761. The Morgan fingerprint density at radius 1 is 1.19 bits per heavy atom. The number of rotatable bonds is 5. The largest absolute Gasteiger partial charge is 0.493 e. The maximum Gasteiger partial charge on any atom is 0.270 e. The fourth-order valence-electron chi connectivity index (χ4n) is 3.36. The third kappa shape index (κ3) is 3.68. The van der Waals surface area contributed by atoms with Crippen LogP contribution in [0.25, 0.3) is 0 Å². The number of carbonyl (C=O) groups excluding carboxylic acids is 1. The van der Waals surface area contributed by atoms with E-state index in [4.69, 9.17) is 21.1 Å². The third-order valence-corrected chi connectivity index (χ3v) is 5.01. The molecule has 1 atom stereocenters. The van der Waals surface area contributed by atoms with Crippen LogP contribution in [0, 0.1) is 10.1 Å². The first-order valence-electron chi connectivity index (χ1n) is 8.43. The SMILES string of the molecule is COc1ccc(C2CCCN2C(=O)c2ccc([N+](=O)[O-])cc2Cl)cc1OC. The van der Waals surface area contributed by atoms with Gasteiger partial charge in [0.15, 0.2) is 11.5 Å². The second-order valence-corrected chi connectivity index (χ2v) is 6.60. The molecule has 0 spiro atoms. The van der Waals surface area contributed by atoms with Crippen LogP contribution in [0.1, 0.15) is 34.8 Å². The summed E-state index contributed by atoms with van der Waals surface area (Å²) >= 11 is 6.14. The highest BCUT2D eigenvalue weighted by Crippen LogP contribution is 2.38. The van der Waals surface area contributed by atoms with Crippen LogP contribution in [0.15, 0.2) is 36.4 Å². The van der Waals surface area contributed by atoms with Crippen molar-refractivity contribution >= 4 is 23.2 Å². The summed E-state index contributed by atoms with van der Waals surface area (Å²) in [7, 11) is 3.13. The van der Waals surface area contributed by atoms with E-state index in [1.165, 1.54) is 18.2 Å². The number of nitro groups is 1.